The predicted molar refractivity (Wildman–Crippen MR) is 55.9 cm³/mol. The van der Waals surface area contributed by atoms with Gasteiger partial charge in [-0.05, 0) is 25.3 Å². The third kappa shape index (κ3) is 3.28. The largest absolute Gasteiger partial charge is 0.377 e. The van der Waals surface area contributed by atoms with Crippen LogP contribution in [0.2, 0.25) is 0 Å². The third-order valence-electron chi connectivity index (χ3n) is 2.99. The fourth-order valence-corrected chi connectivity index (χ4v) is 1.82. The number of ether oxygens (including phenoxy) is 1. The normalized spacial score (nSPS) is 32.1. The molecule has 0 aromatic rings. The summed E-state index contributed by atoms with van der Waals surface area (Å²) in [6, 6.07) is 0. The second-order valence-corrected chi connectivity index (χ2v) is 4.50. The minimum absolute atomic E-state index is 0.406. The molecule has 2 nitrogen and oxygen atoms in total. The lowest BCUT2D eigenvalue weighted by Crippen LogP contribution is -2.33. The van der Waals surface area contributed by atoms with Crippen LogP contribution in [0.3, 0.4) is 0 Å². The molecule has 0 radical (unpaired) electrons. The fraction of sp³-hybridized carbons (Fsp3) is 1.00. The van der Waals surface area contributed by atoms with Gasteiger partial charge in [0.05, 0.1) is 12.7 Å². The Kier molecular flexibility index (Phi) is 4.20. The Hall–Kier alpha value is -0.0800. The van der Waals surface area contributed by atoms with Gasteiger partial charge >= 0.3 is 0 Å². The highest BCUT2D eigenvalue weighted by Gasteiger charge is 2.23. The van der Waals surface area contributed by atoms with Crippen molar-refractivity contribution in [3.05, 3.63) is 0 Å². The van der Waals surface area contributed by atoms with Gasteiger partial charge in [0, 0.05) is 13.1 Å². The lowest BCUT2D eigenvalue weighted by atomic mass is 9.96. The molecule has 1 aliphatic heterocycles. The van der Waals surface area contributed by atoms with Crippen molar-refractivity contribution in [2.24, 2.45) is 11.8 Å². The maximum Gasteiger partial charge on any atom is 0.0674 e. The molecular weight excluding hydrogens is 162 g/mol. The minimum atomic E-state index is 0.406. The van der Waals surface area contributed by atoms with Crippen LogP contribution in [0.5, 0.6) is 0 Å². The van der Waals surface area contributed by atoms with E-state index in [-0.39, 0.29) is 0 Å². The SMILES string of the molecule is CCN1CC(C)OCC(C(C)C)C1. The highest BCUT2D eigenvalue weighted by Crippen LogP contribution is 2.17. The molecule has 1 rings (SSSR count). The van der Waals surface area contributed by atoms with Crippen molar-refractivity contribution in [2.75, 3.05) is 26.2 Å². The number of rotatable bonds is 2. The monoisotopic (exact) mass is 185 g/mol. The summed E-state index contributed by atoms with van der Waals surface area (Å²) < 4.78 is 5.77. The third-order valence-corrected chi connectivity index (χ3v) is 2.99. The number of hydrogen-bond donors (Lipinski definition) is 0. The van der Waals surface area contributed by atoms with Crippen LogP contribution in [0.4, 0.5) is 0 Å². The van der Waals surface area contributed by atoms with Crippen LogP contribution >= 0.6 is 0 Å². The van der Waals surface area contributed by atoms with Gasteiger partial charge < -0.3 is 9.64 Å². The van der Waals surface area contributed by atoms with Gasteiger partial charge in [-0.1, -0.05) is 20.8 Å². The molecule has 2 heteroatoms. The van der Waals surface area contributed by atoms with E-state index >= 15 is 0 Å². The lowest BCUT2D eigenvalue weighted by molar-refractivity contribution is 0.0483. The number of nitrogens with zero attached hydrogens (tertiary/aromatic N) is 1. The minimum Gasteiger partial charge on any atom is -0.377 e. The molecule has 1 aliphatic rings. The van der Waals surface area contributed by atoms with Gasteiger partial charge in [-0.3, -0.25) is 0 Å². The van der Waals surface area contributed by atoms with Crippen LogP contribution in [-0.2, 0) is 4.74 Å². The molecule has 0 aromatic carbocycles. The lowest BCUT2D eigenvalue weighted by Gasteiger charge is -2.24. The zero-order chi connectivity index (χ0) is 9.84. The quantitative estimate of drug-likeness (QED) is 0.652. The Balaban J connectivity index is 2.51. The molecule has 13 heavy (non-hydrogen) atoms. The average molecular weight is 185 g/mol. The van der Waals surface area contributed by atoms with E-state index in [9.17, 15) is 0 Å². The van der Waals surface area contributed by atoms with Crippen LogP contribution in [0.25, 0.3) is 0 Å². The maximum atomic E-state index is 5.77. The molecule has 0 bridgehead atoms. The first-order valence-electron chi connectivity index (χ1n) is 5.47. The summed E-state index contributed by atoms with van der Waals surface area (Å²) in [5, 5.41) is 0. The molecule has 2 atom stereocenters. The van der Waals surface area contributed by atoms with Crippen molar-refractivity contribution >= 4 is 0 Å². The van der Waals surface area contributed by atoms with E-state index < -0.39 is 0 Å². The smallest absolute Gasteiger partial charge is 0.0674 e. The van der Waals surface area contributed by atoms with Crippen LogP contribution in [0.1, 0.15) is 27.7 Å². The summed E-state index contributed by atoms with van der Waals surface area (Å²) in [6.45, 7) is 13.4. The molecule has 1 heterocycles. The zero-order valence-electron chi connectivity index (χ0n) is 9.42. The molecule has 0 amide bonds. The second-order valence-electron chi connectivity index (χ2n) is 4.50. The Bertz CT molecular complexity index is 147. The Labute approximate surface area is 82.3 Å². The summed E-state index contributed by atoms with van der Waals surface area (Å²) in [4.78, 5) is 2.50. The van der Waals surface area contributed by atoms with Gasteiger partial charge in [0.2, 0.25) is 0 Å². The Morgan fingerprint density at radius 3 is 2.62 bits per heavy atom. The van der Waals surface area contributed by atoms with E-state index in [0.29, 0.717) is 12.0 Å². The Morgan fingerprint density at radius 2 is 2.08 bits per heavy atom. The van der Waals surface area contributed by atoms with E-state index in [0.717, 1.165) is 25.6 Å². The van der Waals surface area contributed by atoms with Gasteiger partial charge in [0.25, 0.3) is 0 Å². The van der Waals surface area contributed by atoms with Crippen LogP contribution < -0.4 is 0 Å². The highest BCUT2D eigenvalue weighted by molar-refractivity contribution is 4.73. The number of likely N-dealkylation sites (N-methyl/N-ethyl adjacent to an activating group) is 1. The first kappa shape index (κ1) is 11.0. The van der Waals surface area contributed by atoms with Crippen molar-refractivity contribution in [1.82, 2.24) is 4.90 Å². The molecule has 0 N–H and O–H groups in total. The summed E-state index contributed by atoms with van der Waals surface area (Å²) in [7, 11) is 0. The maximum absolute atomic E-state index is 5.77. The Morgan fingerprint density at radius 1 is 1.38 bits per heavy atom. The zero-order valence-corrected chi connectivity index (χ0v) is 9.42. The highest BCUT2D eigenvalue weighted by atomic mass is 16.5. The topological polar surface area (TPSA) is 12.5 Å². The molecule has 1 fully saturated rings. The predicted octanol–water partition coefficient (Wildman–Crippen LogP) is 2.00. The summed E-state index contributed by atoms with van der Waals surface area (Å²) in [5.74, 6) is 1.45. The van der Waals surface area contributed by atoms with E-state index in [2.05, 4.69) is 32.6 Å². The average Bonchev–Trinajstić information content (AvgIpc) is 2.26. The standard InChI is InChI=1S/C11H23NO/c1-5-12-6-10(4)13-8-11(7-12)9(2)3/h9-11H,5-8H2,1-4H3. The van der Waals surface area contributed by atoms with Crippen LogP contribution in [0.15, 0.2) is 0 Å². The van der Waals surface area contributed by atoms with Crippen molar-refractivity contribution in [3.63, 3.8) is 0 Å². The van der Waals surface area contributed by atoms with Crippen molar-refractivity contribution < 1.29 is 4.74 Å². The first-order valence-corrected chi connectivity index (χ1v) is 5.47. The molecule has 78 valence electrons. The fourth-order valence-electron chi connectivity index (χ4n) is 1.82. The summed E-state index contributed by atoms with van der Waals surface area (Å²) in [5.41, 5.74) is 0. The molecule has 0 aromatic heterocycles. The molecule has 0 aliphatic carbocycles. The molecule has 2 unspecified atom stereocenters. The first-order chi connectivity index (χ1) is 6.13. The van der Waals surface area contributed by atoms with E-state index in [1.807, 2.05) is 0 Å². The van der Waals surface area contributed by atoms with Gasteiger partial charge in [0.1, 0.15) is 0 Å². The molecular formula is C11H23NO. The van der Waals surface area contributed by atoms with E-state index in [4.69, 9.17) is 4.74 Å². The van der Waals surface area contributed by atoms with Crippen LogP contribution in [-0.4, -0.2) is 37.2 Å². The van der Waals surface area contributed by atoms with E-state index in [1.54, 1.807) is 0 Å². The van der Waals surface area contributed by atoms with E-state index in [1.165, 1.54) is 6.54 Å². The molecule has 0 saturated carbocycles. The van der Waals surface area contributed by atoms with Gasteiger partial charge in [-0.2, -0.15) is 0 Å². The molecule has 0 spiro atoms. The van der Waals surface area contributed by atoms with Crippen molar-refractivity contribution in [3.8, 4) is 0 Å². The van der Waals surface area contributed by atoms with Gasteiger partial charge in [-0.15, -0.1) is 0 Å². The number of hydrogen-bond acceptors (Lipinski definition) is 2. The van der Waals surface area contributed by atoms with Gasteiger partial charge in [-0.25, -0.2) is 0 Å². The van der Waals surface area contributed by atoms with Crippen LogP contribution in [0, 0.1) is 11.8 Å². The van der Waals surface area contributed by atoms with Gasteiger partial charge in [0.15, 0.2) is 0 Å². The van der Waals surface area contributed by atoms with Crippen molar-refractivity contribution in [2.45, 2.75) is 33.8 Å². The molecule has 1 saturated heterocycles. The summed E-state index contributed by atoms with van der Waals surface area (Å²) in [6.07, 6.45) is 0.406. The second kappa shape index (κ2) is 4.97. The van der Waals surface area contributed by atoms with Crippen molar-refractivity contribution in [1.29, 1.82) is 0 Å². The summed E-state index contributed by atoms with van der Waals surface area (Å²) >= 11 is 0.